The van der Waals surface area contributed by atoms with E-state index in [1.165, 1.54) is 0 Å². The lowest BCUT2D eigenvalue weighted by Crippen LogP contribution is -2.09. The van der Waals surface area contributed by atoms with Crippen molar-refractivity contribution in [1.29, 1.82) is 0 Å². The summed E-state index contributed by atoms with van der Waals surface area (Å²) >= 11 is 0. The van der Waals surface area contributed by atoms with Gasteiger partial charge in [-0.25, -0.2) is 9.59 Å². The molecule has 5 nitrogen and oxygen atoms in total. The maximum atomic E-state index is 12.4. The number of rotatable bonds is 7. The van der Waals surface area contributed by atoms with Crippen LogP contribution in [0.4, 0.5) is 0 Å². The van der Waals surface area contributed by atoms with Crippen molar-refractivity contribution in [1.82, 2.24) is 0 Å². The molecule has 0 spiro atoms. The number of esters is 2. The van der Waals surface area contributed by atoms with Crippen molar-refractivity contribution in [2.45, 2.75) is 6.61 Å². The molecule has 32 heavy (non-hydrogen) atoms. The van der Waals surface area contributed by atoms with Crippen LogP contribution in [0.25, 0.3) is 0 Å². The second-order valence-corrected chi connectivity index (χ2v) is 6.92. The molecule has 0 atom stereocenters. The SMILES string of the molecule is O=C(OCc1ccccc1)c1ccc(OC(=O)c2ccc(Oc3ccccc3)cc2)cc1. The monoisotopic (exact) mass is 424 g/mol. The zero-order valence-electron chi connectivity index (χ0n) is 17.1. The summed E-state index contributed by atoms with van der Waals surface area (Å²) in [6, 6.07) is 31.7. The molecule has 0 bridgehead atoms. The molecule has 0 saturated heterocycles. The van der Waals surface area contributed by atoms with Gasteiger partial charge in [0, 0.05) is 0 Å². The number of ether oxygens (including phenoxy) is 3. The van der Waals surface area contributed by atoms with Gasteiger partial charge in [-0.1, -0.05) is 48.5 Å². The lowest BCUT2D eigenvalue weighted by atomic mass is 10.2. The zero-order valence-corrected chi connectivity index (χ0v) is 17.1. The molecule has 0 aliphatic rings. The maximum absolute atomic E-state index is 12.4. The number of hydrogen-bond donors (Lipinski definition) is 0. The standard InChI is InChI=1S/C27H20O5/c28-26(30-19-20-7-3-1-4-8-20)21-11-17-25(18-12-21)32-27(29)22-13-15-24(16-14-22)31-23-9-5-2-6-10-23/h1-18H,19H2. The van der Waals surface area contributed by atoms with Crippen LogP contribution in [0.5, 0.6) is 17.2 Å². The summed E-state index contributed by atoms with van der Waals surface area (Å²) in [4.78, 5) is 24.6. The van der Waals surface area contributed by atoms with Gasteiger partial charge >= 0.3 is 11.9 Å². The van der Waals surface area contributed by atoms with Gasteiger partial charge < -0.3 is 14.2 Å². The van der Waals surface area contributed by atoms with Crippen LogP contribution < -0.4 is 9.47 Å². The van der Waals surface area contributed by atoms with Gasteiger partial charge in [0.2, 0.25) is 0 Å². The first-order valence-electron chi connectivity index (χ1n) is 10.0. The summed E-state index contributed by atoms with van der Waals surface area (Å²) in [6.45, 7) is 0.195. The largest absolute Gasteiger partial charge is 0.457 e. The minimum absolute atomic E-state index is 0.195. The molecule has 4 aromatic rings. The van der Waals surface area contributed by atoms with E-state index in [1.807, 2.05) is 60.7 Å². The summed E-state index contributed by atoms with van der Waals surface area (Å²) in [5, 5.41) is 0. The van der Waals surface area contributed by atoms with Crippen molar-refractivity contribution in [3.63, 3.8) is 0 Å². The van der Waals surface area contributed by atoms with E-state index in [2.05, 4.69) is 0 Å². The fourth-order valence-electron chi connectivity index (χ4n) is 2.92. The minimum atomic E-state index is -0.504. The molecule has 0 aliphatic carbocycles. The number of carbonyl (C=O) groups excluding carboxylic acids is 2. The Labute approximate surface area is 185 Å². The Morgan fingerprint density at radius 3 is 1.66 bits per heavy atom. The fourth-order valence-corrected chi connectivity index (χ4v) is 2.92. The number of hydrogen-bond acceptors (Lipinski definition) is 5. The lowest BCUT2D eigenvalue weighted by Gasteiger charge is -2.08. The van der Waals surface area contributed by atoms with E-state index in [-0.39, 0.29) is 6.61 Å². The summed E-state index contributed by atoms with van der Waals surface area (Å²) in [5.74, 6) is 0.715. The van der Waals surface area contributed by atoms with Gasteiger partial charge in [0.25, 0.3) is 0 Å². The Hall–Kier alpha value is -4.38. The predicted octanol–water partition coefficient (Wildman–Crippen LogP) is 6.06. The van der Waals surface area contributed by atoms with Crippen LogP contribution in [-0.4, -0.2) is 11.9 Å². The quantitative estimate of drug-likeness (QED) is 0.267. The predicted molar refractivity (Wildman–Crippen MR) is 120 cm³/mol. The number of benzene rings is 4. The van der Waals surface area contributed by atoms with Crippen LogP contribution in [-0.2, 0) is 11.3 Å². The Kier molecular flexibility index (Phi) is 6.58. The molecular formula is C27H20O5. The van der Waals surface area contributed by atoms with Crippen LogP contribution >= 0.6 is 0 Å². The van der Waals surface area contributed by atoms with Crippen molar-refractivity contribution >= 4 is 11.9 Å². The van der Waals surface area contributed by atoms with Gasteiger partial charge in [0.15, 0.2) is 0 Å². The topological polar surface area (TPSA) is 61.8 Å². The molecule has 0 aliphatic heterocycles. The van der Waals surface area contributed by atoms with Crippen LogP contribution in [0, 0.1) is 0 Å². The molecule has 4 aromatic carbocycles. The smallest absolute Gasteiger partial charge is 0.343 e. The third-order valence-electron chi connectivity index (χ3n) is 4.58. The normalized spacial score (nSPS) is 10.2. The molecule has 0 amide bonds. The molecule has 0 fully saturated rings. The van der Waals surface area contributed by atoms with E-state index in [9.17, 15) is 9.59 Å². The Balaban J connectivity index is 1.31. The molecular weight excluding hydrogens is 404 g/mol. The second kappa shape index (κ2) is 10.1. The van der Waals surface area contributed by atoms with Gasteiger partial charge in [-0.3, -0.25) is 0 Å². The molecule has 0 radical (unpaired) electrons. The van der Waals surface area contributed by atoms with Gasteiger partial charge in [-0.2, -0.15) is 0 Å². The first-order valence-corrected chi connectivity index (χ1v) is 10.0. The van der Waals surface area contributed by atoms with E-state index >= 15 is 0 Å². The lowest BCUT2D eigenvalue weighted by molar-refractivity contribution is 0.0472. The first-order chi connectivity index (χ1) is 15.7. The number of carbonyl (C=O) groups is 2. The van der Waals surface area contributed by atoms with Crippen molar-refractivity contribution in [3.05, 3.63) is 126 Å². The summed E-state index contributed by atoms with van der Waals surface area (Å²) in [5.41, 5.74) is 1.67. The van der Waals surface area contributed by atoms with Gasteiger partial charge in [-0.05, 0) is 66.2 Å². The highest BCUT2D eigenvalue weighted by Crippen LogP contribution is 2.22. The maximum Gasteiger partial charge on any atom is 0.343 e. The van der Waals surface area contributed by atoms with E-state index in [1.54, 1.807) is 48.5 Å². The zero-order chi connectivity index (χ0) is 22.2. The van der Waals surface area contributed by atoms with Crippen molar-refractivity contribution in [2.75, 3.05) is 0 Å². The summed E-state index contributed by atoms with van der Waals surface area (Å²) in [6.07, 6.45) is 0. The third kappa shape index (κ3) is 5.61. The van der Waals surface area contributed by atoms with Crippen molar-refractivity contribution < 1.29 is 23.8 Å². The highest BCUT2D eigenvalue weighted by atomic mass is 16.5. The van der Waals surface area contributed by atoms with Crippen LogP contribution in [0.15, 0.2) is 109 Å². The molecule has 158 valence electrons. The summed E-state index contributed by atoms with van der Waals surface area (Å²) < 4.78 is 16.4. The fraction of sp³-hybridized carbons (Fsp3) is 0.0370. The molecule has 0 N–H and O–H groups in total. The molecule has 0 heterocycles. The number of para-hydroxylation sites is 1. The van der Waals surface area contributed by atoms with Gasteiger partial charge in [0.1, 0.15) is 23.9 Å². The van der Waals surface area contributed by atoms with Crippen LogP contribution in [0.1, 0.15) is 26.3 Å². The highest BCUT2D eigenvalue weighted by Gasteiger charge is 2.11. The second-order valence-electron chi connectivity index (χ2n) is 6.92. The third-order valence-corrected chi connectivity index (χ3v) is 4.58. The Bertz CT molecular complexity index is 1170. The molecule has 0 aromatic heterocycles. The van der Waals surface area contributed by atoms with Crippen LogP contribution in [0.2, 0.25) is 0 Å². The average Bonchev–Trinajstić information content (AvgIpc) is 2.85. The Morgan fingerprint density at radius 2 is 1.03 bits per heavy atom. The van der Waals surface area contributed by atoms with E-state index in [4.69, 9.17) is 14.2 Å². The van der Waals surface area contributed by atoms with E-state index in [0.717, 1.165) is 5.56 Å². The molecule has 4 rings (SSSR count). The van der Waals surface area contributed by atoms with Crippen molar-refractivity contribution in [3.8, 4) is 17.2 Å². The van der Waals surface area contributed by atoms with E-state index < -0.39 is 11.9 Å². The summed E-state index contributed by atoms with van der Waals surface area (Å²) in [7, 11) is 0. The first kappa shape index (κ1) is 20.9. The highest BCUT2D eigenvalue weighted by molar-refractivity contribution is 5.92. The van der Waals surface area contributed by atoms with Gasteiger partial charge in [0.05, 0.1) is 11.1 Å². The van der Waals surface area contributed by atoms with Crippen molar-refractivity contribution in [2.24, 2.45) is 0 Å². The van der Waals surface area contributed by atoms with E-state index in [0.29, 0.717) is 28.4 Å². The minimum Gasteiger partial charge on any atom is -0.457 e. The Morgan fingerprint density at radius 1 is 0.531 bits per heavy atom. The molecule has 5 heteroatoms. The van der Waals surface area contributed by atoms with Gasteiger partial charge in [-0.15, -0.1) is 0 Å². The average molecular weight is 424 g/mol. The molecule has 0 saturated carbocycles. The van der Waals surface area contributed by atoms with Crippen LogP contribution in [0.3, 0.4) is 0 Å². The molecule has 0 unspecified atom stereocenters.